The van der Waals surface area contributed by atoms with Crippen molar-refractivity contribution in [3.8, 4) is 6.07 Å². The molecule has 0 heterocycles. The maximum atomic E-state index is 13.7. The van der Waals surface area contributed by atoms with E-state index in [1.54, 1.807) is 7.05 Å². The summed E-state index contributed by atoms with van der Waals surface area (Å²) >= 11 is 6.10. The number of hydrogen-bond donors (Lipinski definition) is 2. The lowest BCUT2D eigenvalue weighted by atomic mass is 10.1. The fourth-order valence-corrected chi connectivity index (χ4v) is 2.20. The molecule has 2 N–H and O–H groups in total. The third-order valence-electron chi connectivity index (χ3n) is 3.25. The lowest BCUT2D eigenvalue weighted by Gasteiger charge is -2.13. The third-order valence-corrected chi connectivity index (χ3v) is 3.62. The van der Waals surface area contributed by atoms with Crippen LogP contribution >= 0.6 is 35.6 Å². The van der Waals surface area contributed by atoms with E-state index in [0.717, 1.165) is 5.56 Å². The molecule has 2 rings (SSSR count). The standard InChI is InChI=1S/C17H16ClFN4.HI/c1-21-17(22-10-13-4-2-3-5-15(13)18)23-11-14-8-12(9-20)6-7-16(14)19;/h2-8H,10-11H2,1H3,(H2,21,22,23);1H. The van der Waals surface area contributed by atoms with Crippen LogP contribution in [0.2, 0.25) is 5.02 Å². The van der Waals surface area contributed by atoms with E-state index in [0.29, 0.717) is 28.7 Å². The zero-order valence-corrected chi connectivity index (χ0v) is 16.1. The van der Waals surface area contributed by atoms with Gasteiger partial charge in [0.25, 0.3) is 0 Å². The van der Waals surface area contributed by atoms with Gasteiger partial charge in [-0.2, -0.15) is 5.26 Å². The molecular formula is C17H17ClFIN4. The monoisotopic (exact) mass is 458 g/mol. The second-order valence-corrected chi connectivity index (χ2v) is 5.20. The highest BCUT2D eigenvalue weighted by atomic mass is 127. The third kappa shape index (κ3) is 5.65. The largest absolute Gasteiger partial charge is 0.352 e. The summed E-state index contributed by atoms with van der Waals surface area (Å²) in [5.74, 6) is 0.157. The molecular weight excluding hydrogens is 442 g/mol. The Morgan fingerprint density at radius 1 is 1.17 bits per heavy atom. The molecule has 0 bridgehead atoms. The molecule has 0 fully saturated rings. The fourth-order valence-electron chi connectivity index (χ4n) is 2.00. The highest BCUT2D eigenvalue weighted by Crippen LogP contribution is 2.14. The van der Waals surface area contributed by atoms with Crippen molar-refractivity contribution in [3.63, 3.8) is 0 Å². The average Bonchev–Trinajstić information content (AvgIpc) is 2.57. The van der Waals surface area contributed by atoms with Crippen LogP contribution < -0.4 is 10.6 Å². The van der Waals surface area contributed by atoms with Crippen LogP contribution in [0.5, 0.6) is 0 Å². The van der Waals surface area contributed by atoms with Gasteiger partial charge in [0, 0.05) is 30.7 Å². The van der Waals surface area contributed by atoms with Gasteiger partial charge < -0.3 is 10.6 Å². The van der Waals surface area contributed by atoms with Crippen molar-refractivity contribution in [2.45, 2.75) is 13.1 Å². The van der Waals surface area contributed by atoms with Crippen LogP contribution in [0.4, 0.5) is 4.39 Å². The van der Waals surface area contributed by atoms with Crippen LogP contribution in [0.3, 0.4) is 0 Å². The SMILES string of the molecule is CN=C(NCc1cc(C#N)ccc1F)NCc1ccccc1Cl.I. The second-order valence-electron chi connectivity index (χ2n) is 4.79. The highest BCUT2D eigenvalue weighted by molar-refractivity contribution is 14.0. The Kier molecular flexibility index (Phi) is 8.50. The van der Waals surface area contributed by atoms with E-state index in [-0.39, 0.29) is 36.3 Å². The molecule has 0 aliphatic heterocycles. The van der Waals surface area contributed by atoms with Crippen molar-refractivity contribution in [2.24, 2.45) is 4.99 Å². The van der Waals surface area contributed by atoms with Gasteiger partial charge in [-0.15, -0.1) is 24.0 Å². The van der Waals surface area contributed by atoms with Crippen LogP contribution in [0.25, 0.3) is 0 Å². The molecule has 2 aromatic rings. The number of aliphatic imine (C=N–C) groups is 1. The van der Waals surface area contributed by atoms with Gasteiger partial charge in [0.2, 0.25) is 0 Å². The van der Waals surface area contributed by atoms with Crippen LogP contribution in [0.1, 0.15) is 16.7 Å². The smallest absolute Gasteiger partial charge is 0.191 e. The summed E-state index contributed by atoms with van der Waals surface area (Å²) in [4.78, 5) is 4.08. The average molecular weight is 459 g/mol. The van der Waals surface area contributed by atoms with Crippen LogP contribution in [0.15, 0.2) is 47.5 Å². The van der Waals surface area contributed by atoms with Gasteiger partial charge in [-0.3, -0.25) is 4.99 Å². The molecule has 0 radical (unpaired) electrons. The Hall–Kier alpha value is -1.85. The summed E-state index contributed by atoms with van der Waals surface area (Å²) in [5.41, 5.74) is 1.77. The predicted molar refractivity (Wildman–Crippen MR) is 105 cm³/mol. The predicted octanol–water partition coefficient (Wildman–Crippen LogP) is 3.83. The van der Waals surface area contributed by atoms with Crippen molar-refractivity contribution < 1.29 is 4.39 Å². The normalized spacial score (nSPS) is 10.5. The van der Waals surface area contributed by atoms with Gasteiger partial charge >= 0.3 is 0 Å². The number of hydrogen-bond acceptors (Lipinski definition) is 2. The molecule has 7 heteroatoms. The quantitative estimate of drug-likeness (QED) is 0.416. The first-order valence-electron chi connectivity index (χ1n) is 7.00. The number of nitrogens with one attached hydrogen (secondary N) is 2. The van der Waals surface area contributed by atoms with Crippen LogP contribution in [-0.2, 0) is 13.1 Å². The molecule has 2 aromatic carbocycles. The minimum atomic E-state index is -0.363. The van der Waals surface area contributed by atoms with Crippen molar-refractivity contribution in [1.82, 2.24) is 10.6 Å². The maximum Gasteiger partial charge on any atom is 0.191 e. The molecule has 0 aliphatic rings. The van der Waals surface area contributed by atoms with E-state index in [2.05, 4.69) is 15.6 Å². The summed E-state index contributed by atoms with van der Waals surface area (Å²) in [6, 6.07) is 13.7. The van der Waals surface area contributed by atoms with E-state index in [1.165, 1.54) is 18.2 Å². The summed E-state index contributed by atoms with van der Waals surface area (Å²) in [6.07, 6.45) is 0. The Labute approximate surface area is 162 Å². The van der Waals surface area contributed by atoms with E-state index < -0.39 is 0 Å². The lowest BCUT2D eigenvalue weighted by Crippen LogP contribution is -2.36. The van der Waals surface area contributed by atoms with Gasteiger partial charge in [-0.25, -0.2) is 4.39 Å². The van der Waals surface area contributed by atoms with Gasteiger partial charge in [0.15, 0.2) is 5.96 Å². The molecule has 24 heavy (non-hydrogen) atoms. The molecule has 0 saturated heterocycles. The topological polar surface area (TPSA) is 60.2 Å². The molecule has 126 valence electrons. The molecule has 0 unspecified atom stereocenters. The van der Waals surface area contributed by atoms with E-state index >= 15 is 0 Å². The van der Waals surface area contributed by atoms with E-state index in [9.17, 15) is 4.39 Å². The highest BCUT2D eigenvalue weighted by Gasteiger charge is 2.06. The Bertz CT molecular complexity index is 758. The molecule has 0 atom stereocenters. The zero-order chi connectivity index (χ0) is 16.7. The van der Waals surface area contributed by atoms with Gasteiger partial charge in [-0.05, 0) is 29.8 Å². The van der Waals surface area contributed by atoms with E-state index in [4.69, 9.17) is 16.9 Å². The molecule has 0 aliphatic carbocycles. The minimum Gasteiger partial charge on any atom is -0.352 e. The number of rotatable bonds is 4. The summed E-state index contributed by atoms with van der Waals surface area (Å²) in [7, 11) is 1.63. The Morgan fingerprint density at radius 2 is 1.83 bits per heavy atom. The number of benzene rings is 2. The van der Waals surface area contributed by atoms with Crippen molar-refractivity contribution >= 4 is 41.5 Å². The molecule has 0 saturated carbocycles. The molecule has 0 aromatic heterocycles. The number of nitrogens with zero attached hydrogens (tertiary/aromatic N) is 2. The summed E-state index contributed by atoms with van der Waals surface area (Å²) in [6.45, 7) is 0.726. The Morgan fingerprint density at radius 3 is 2.46 bits per heavy atom. The first-order chi connectivity index (χ1) is 11.1. The van der Waals surface area contributed by atoms with Gasteiger partial charge in [0.05, 0.1) is 11.6 Å². The van der Waals surface area contributed by atoms with Crippen molar-refractivity contribution in [3.05, 3.63) is 70.0 Å². The van der Waals surface area contributed by atoms with Gasteiger partial charge in [-0.1, -0.05) is 29.8 Å². The lowest BCUT2D eigenvalue weighted by molar-refractivity contribution is 0.604. The fraction of sp³-hybridized carbons (Fsp3) is 0.176. The first-order valence-corrected chi connectivity index (χ1v) is 7.38. The number of guanidine groups is 1. The molecule has 0 amide bonds. The maximum absolute atomic E-state index is 13.7. The van der Waals surface area contributed by atoms with Crippen molar-refractivity contribution in [2.75, 3.05) is 7.05 Å². The summed E-state index contributed by atoms with van der Waals surface area (Å²) < 4.78 is 13.7. The second kappa shape index (κ2) is 10.1. The zero-order valence-electron chi connectivity index (χ0n) is 13.0. The molecule has 0 spiro atoms. The first kappa shape index (κ1) is 20.2. The van der Waals surface area contributed by atoms with Crippen molar-refractivity contribution in [1.29, 1.82) is 5.26 Å². The van der Waals surface area contributed by atoms with Crippen LogP contribution in [-0.4, -0.2) is 13.0 Å². The molecule has 4 nitrogen and oxygen atoms in total. The number of halogens is 3. The van der Waals surface area contributed by atoms with E-state index in [1.807, 2.05) is 30.3 Å². The van der Waals surface area contributed by atoms with Gasteiger partial charge in [0.1, 0.15) is 5.82 Å². The number of nitriles is 1. The summed E-state index contributed by atoms with van der Waals surface area (Å²) in [5, 5.41) is 15.7. The minimum absolute atomic E-state index is 0. The Balaban J connectivity index is 0.00000288. The van der Waals surface area contributed by atoms with Crippen LogP contribution in [0, 0.1) is 17.1 Å².